The van der Waals surface area contributed by atoms with Crippen LogP contribution in [0.5, 0.6) is 0 Å². The minimum atomic E-state index is -4.62. The molecular formula is C8H15F14NO. The zero-order chi connectivity index (χ0) is 21.0. The van der Waals surface area contributed by atoms with Crippen molar-refractivity contribution in [1.82, 2.24) is 5.34 Å². The molecule has 0 bridgehead atoms. The minimum Gasteiger partial charge on any atom is -0.319 e. The number of ether oxygens (including phenoxy) is 1. The summed E-state index contributed by atoms with van der Waals surface area (Å²) in [6, 6.07) is 0. The van der Waals surface area contributed by atoms with Crippen LogP contribution in [0.2, 0.25) is 0 Å². The molecule has 0 heterocycles. The van der Waals surface area contributed by atoms with Gasteiger partial charge in [-0.25, -0.2) is 35.1 Å². The molecule has 0 aliphatic heterocycles. The SMILES string of the molecule is CF.FCC(F)(F)F.FCF.FCF.FCN(F)F.FCOCF. The van der Waals surface area contributed by atoms with Crippen LogP contribution < -0.4 is 0 Å². The van der Waals surface area contributed by atoms with E-state index in [0.717, 1.165) is 0 Å². The van der Waals surface area contributed by atoms with Gasteiger partial charge >= 0.3 is 6.18 Å². The van der Waals surface area contributed by atoms with Crippen LogP contribution in [0.3, 0.4) is 0 Å². The molecule has 2 nitrogen and oxygen atoms in total. The Morgan fingerprint density at radius 1 is 0.708 bits per heavy atom. The lowest BCUT2D eigenvalue weighted by molar-refractivity contribution is -0.178. The predicted molar refractivity (Wildman–Crippen MR) is 56.3 cm³/mol. The van der Waals surface area contributed by atoms with Crippen LogP contribution in [-0.4, -0.2) is 59.7 Å². The monoisotopic (exact) mass is 407 g/mol. The van der Waals surface area contributed by atoms with Crippen molar-refractivity contribution >= 4 is 0 Å². The zero-order valence-corrected chi connectivity index (χ0v) is 11.9. The summed E-state index contributed by atoms with van der Waals surface area (Å²) in [5.41, 5.74) is 0. The zero-order valence-electron chi connectivity index (χ0n) is 11.9. The third-order valence-electron chi connectivity index (χ3n) is 0.396. The third kappa shape index (κ3) is 236. The fraction of sp³-hybridized carbons (Fsp3) is 1.00. The van der Waals surface area contributed by atoms with Gasteiger partial charge in [-0.2, -0.15) is 13.2 Å². The Balaban J connectivity index is -0.0000000421. The predicted octanol–water partition coefficient (Wildman–Crippen LogP) is 5.71. The Morgan fingerprint density at radius 3 is 0.875 bits per heavy atom. The van der Waals surface area contributed by atoms with E-state index < -0.39 is 52.6 Å². The molecule has 16 heteroatoms. The molecule has 0 aromatic rings. The van der Waals surface area contributed by atoms with E-state index in [9.17, 15) is 61.6 Å². The fourth-order valence-corrected chi connectivity index (χ4v) is 0.0292. The van der Waals surface area contributed by atoms with Crippen molar-refractivity contribution in [3.8, 4) is 0 Å². The summed E-state index contributed by atoms with van der Waals surface area (Å²) in [5.74, 6) is 0. The largest absolute Gasteiger partial charge is 0.416 e. The van der Waals surface area contributed by atoms with Gasteiger partial charge in [0.05, 0.1) is 12.5 Å². The van der Waals surface area contributed by atoms with E-state index in [1.54, 1.807) is 0 Å². The lowest BCUT2D eigenvalue weighted by Crippen LogP contribution is -2.08. The average Bonchev–Trinajstić information content (AvgIpc) is 2.52. The number of rotatable bonds is 3. The van der Waals surface area contributed by atoms with E-state index in [1.807, 2.05) is 0 Å². The normalized spacial score (nSPS) is 8.50. The van der Waals surface area contributed by atoms with Gasteiger partial charge in [0.1, 0.15) is 0 Å². The van der Waals surface area contributed by atoms with Gasteiger partial charge in [-0.05, 0) is 0 Å². The van der Waals surface area contributed by atoms with Crippen LogP contribution in [0, 0.1) is 0 Å². The smallest absolute Gasteiger partial charge is 0.319 e. The van der Waals surface area contributed by atoms with E-state index >= 15 is 0 Å². The summed E-state index contributed by atoms with van der Waals surface area (Å²) in [6.45, 7) is -9.49. The first kappa shape index (κ1) is 38.5. The standard InChI is InChI=1S/C2H2F4.C2H4F2O.CH2F3N.2CH2F2.CH3F/c3-1-2(4,5)6;3-1-5-2-4;2-1-5(3)4;2*2-1-3;1-2/h1H2;1-2H2;1H2;2*1H2;1H3. The summed E-state index contributed by atoms with van der Waals surface area (Å²) >= 11 is 0. The molecule has 0 amide bonds. The third-order valence-corrected chi connectivity index (χ3v) is 0.396. The van der Waals surface area contributed by atoms with Crippen LogP contribution in [0.15, 0.2) is 0 Å². The summed E-state index contributed by atoms with van der Waals surface area (Å²) in [7, 11) is 0.500. The van der Waals surface area contributed by atoms with Crippen LogP contribution in [0.4, 0.5) is 61.6 Å². The number of hydrogen-bond donors (Lipinski definition) is 0. The molecule has 0 fully saturated rings. The maximum Gasteiger partial charge on any atom is 0.416 e. The molecule has 0 spiro atoms. The molecule has 0 saturated heterocycles. The van der Waals surface area contributed by atoms with Crippen LogP contribution >= 0.6 is 0 Å². The molecule has 0 aromatic heterocycles. The first-order chi connectivity index (χ1) is 11.1. The highest BCUT2D eigenvalue weighted by Gasteiger charge is 2.26. The highest BCUT2D eigenvalue weighted by atomic mass is 19.4. The second-order valence-electron chi connectivity index (χ2n) is 1.80. The Labute approximate surface area is 127 Å². The first-order valence-corrected chi connectivity index (χ1v) is 4.67. The lowest BCUT2D eigenvalue weighted by Gasteiger charge is -1.93. The number of halogens is 14. The molecule has 0 rings (SSSR count). The highest BCUT2D eigenvalue weighted by Crippen LogP contribution is 2.13. The van der Waals surface area contributed by atoms with Crippen molar-refractivity contribution in [1.29, 1.82) is 0 Å². The van der Waals surface area contributed by atoms with Gasteiger partial charge in [0.15, 0.2) is 20.4 Å². The van der Waals surface area contributed by atoms with Gasteiger partial charge in [0.2, 0.25) is 20.7 Å². The van der Waals surface area contributed by atoms with Gasteiger partial charge in [-0.3, -0.25) is 4.39 Å². The Bertz CT molecular complexity index is 145. The quantitative estimate of drug-likeness (QED) is 0.338. The minimum absolute atomic E-state index is 0.500. The van der Waals surface area contributed by atoms with E-state index in [4.69, 9.17) is 0 Å². The van der Waals surface area contributed by atoms with Crippen molar-refractivity contribution in [3.63, 3.8) is 0 Å². The highest BCUT2D eigenvalue weighted by molar-refractivity contribution is 4.39. The second-order valence-corrected chi connectivity index (χ2v) is 1.80. The molecule has 0 aliphatic rings. The van der Waals surface area contributed by atoms with E-state index in [2.05, 4.69) is 4.74 Å². The maximum atomic E-state index is 10.5. The van der Waals surface area contributed by atoms with Crippen molar-refractivity contribution < 1.29 is 66.4 Å². The van der Waals surface area contributed by atoms with Crippen LogP contribution in [-0.2, 0) is 4.74 Å². The van der Waals surface area contributed by atoms with Crippen molar-refractivity contribution in [2.45, 2.75) is 6.18 Å². The first-order valence-electron chi connectivity index (χ1n) is 4.67. The average molecular weight is 407 g/mol. The molecule has 0 atom stereocenters. The molecule has 24 heavy (non-hydrogen) atoms. The maximum absolute atomic E-state index is 10.5. The number of nitrogens with zero attached hydrogens (tertiary/aromatic N) is 1. The molecule has 0 aliphatic carbocycles. The lowest BCUT2D eigenvalue weighted by atomic mass is 10.8. The van der Waals surface area contributed by atoms with E-state index in [1.165, 1.54) is 0 Å². The van der Waals surface area contributed by atoms with Gasteiger partial charge in [0.25, 0.3) is 0 Å². The Morgan fingerprint density at radius 2 is 0.875 bits per heavy atom. The number of hydrogen-bond acceptors (Lipinski definition) is 2. The van der Waals surface area contributed by atoms with Crippen molar-refractivity contribution in [2.24, 2.45) is 0 Å². The van der Waals surface area contributed by atoms with Gasteiger partial charge in [0, 0.05) is 0 Å². The topological polar surface area (TPSA) is 12.5 Å². The van der Waals surface area contributed by atoms with E-state index in [0.29, 0.717) is 7.18 Å². The second kappa shape index (κ2) is 43.1. The Hall–Kier alpha value is -1.06. The van der Waals surface area contributed by atoms with Gasteiger partial charge < -0.3 is 4.74 Å². The summed E-state index contributed by atoms with van der Waals surface area (Å²) < 4.78 is 145. The molecule has 0 radical (unpaired) electrons. The molecule has 0 N–H and O–H groups in total. The molecule has 0 unspecified atom stereocenters. The van der Waals surface area contributed by atoms with Gasteiger partial charge in [-0.15, -0.1) is 0 Å². The summed E-state index contributed by atoms with van der Waals surface area (Å²) in [6.07, 6.45) is -4.62. The van der Waals surface area contributed by atoms with Gasteiger partial charge in [-0.1, -0.05) is 8.96 Å². The van der Waals surface area contributed by atoms with Crippen molar-refractivity contribution in [2.75, 3.05) is 48.2 Å². The fourth-order valence-electron chi connectivity index (χ4n) is 0.0292. The van der Waals surface area contributed by atoms with Crippen LogP contribution in [0.1, 0.15) is 0 Å². The summed E-state index contributed by atoms with van der Waals surface area (Å²) in [5, 5.41) is -1.54. The molecule has 0 aromatic carbocycles. The number of alkyl halides is 12. The molecule has 156 valence electrons. The van der Waals surface area contributed by atoms with E-state index in [-0.39, 0.29) is 0 Å². The summed E-state index contributed by atoms with van der Waals surface area (Å²) in [4.78, 5) is 0. The molecule has 0 saturated carbocycles. The molecular weight excluding hydrogens is 392 g/mol. The van der Waals surface area contributed by atoms with Crippen molar-refractivity contribution in [3.05, 3.63) is 0 Å². The Kier molecular flexibility index (Phi) is 69.1. The van der Waals surface area contributed by atoms with Crippen LogP contribution in [0.25, 0.3) is 0 Å².